The van der Waals surface area contributed by atoms with Gasteiger partial charge in [0, 0.05) is 0 Å². The molecule has 0 amide bonds. The highest BCUT2D eigenvalue weighted by Gasteiger charge is 2.52. The Kier molecular flexibility index (Phi) is 38.6. The summed E-state index contributed by atoms with van der Waals surface area (Å²) in [6.07, 6.45) is 51.8. The predicted molar refractivity (Wildman–Crippen MR) is 322 cm³/mol. The van der Waals surface area contributed by atoms with Crippen molar-refractivity contribution in [2.75, 3.05) is 20.1 Å². The second-order valence-corrected chi connectivity index (χ2v) is 24.7. The Hall–Kier alpha value is -4.50. The average Bonchev–Trinajstić information content (AvgIpc) is 0.684. The van der Waals surface area contributed by atoms with Crippen molar-refractivity contribution in [3.8, 4) is 0 Å². The maximum atomic E-state index is 15.4. The zero-order chi connectivity index (χ0) is 67.6. The molecule has 0 heterocycles. The van der Waals surface area contributed by atoms with Gasteiger partial charge in [-0.2, -0.15) is 0 Å². The van der Waals surface area contributed by atoms with E-state index in [1.165, 1.54) is 270 Å². The molecule has 22 heteroatoms. The molecule has 518 valence electrons. The molecule has 1 N–H and O–H groups in total. The van der Waals surface area contributed by atoms with E-state index in [4.69, 9.17) is 0 Å². The van der Waals surface area contributed by atoms with Crippen LogP contribution < -0.4 is 26.8 Å². The van der Waals surface area contributed by atoms with Gasteiger partial charge in [-0.05, 0) is 25.7 Å². The first-order chi connectivity index (χ1) is 43.5. The third-order valence-corrected chi connectivity index (χ3v) is 17.6. The molecule has 0 radical (unpaired) electrons. The van der Waals surface area contributed by atoms with Crippen LogP contribution in [0.25, 0.3) is 0 Å². The zero-order valence-electron chi connectivity index (χ0n) is 53.3. The lowest BCUT2D eigenvalue weighted by Gasteiger charge is -2.44. The van der Waals surface area contributed by atoms with Crippen molar-refractivity contribution >= 4 is 28.0 Å². The number of halogens is 20. The molecule has 0 aliphatic heterocycles. The molecular formula is C69H94BF20N. The van der Waals surface area contributed by atoms with Crippen LogP contribution in [0.3, 0.4) is 0 Å². The number of unbranched alkanes of at least 4 members (excludes halogenated alkanes) is 38. The molecule has 0 saturated carbocycles. The second kappa shape index (κ2) is 43.5. The third kappa shape index (κ3) is 23.4. The van der Waals surface area contributed by atoms with E-state index in [2.05, 4.69) is 20.9 Å². The molecule has 0 aliphatic rings. The zero-order valence-corrected chi connectivity index (χ0v) is 53.3. The van der Waals surface area contributed by atoms with E-state index < -0.39 is 144 Å². The van der Waals surface area contributed by atoms with Gasteiger partial charge in [-0.3, -0.25) is 0 Å². The molecule has 4 aromatic carbocycles. The molecule has 1 nitrogen and oxygen atoms in total. The Morgan fingerprint density at radius 3 is 0.418 bits per heavy atom. The summed E-state index contributed by atoms with van der Waals surface area (Å²) in [5.41, 5.74) is -14.3. The molecule has 0 aliphatic carbocycles. The van der Waals surface area contributed by atoms with E-state index in [0.717, 1.165) is 0 Å². The van der Waals surface area contributed by atoms with Crippen LogP contribution in [0.5, 0.6) is 0 Å². The maximum Gasteiger partial charge on any atom is 0.200 e. The summed E-state index contributed by atoms with van der Waals surface area (Å²) in [5.74, 6) is -71.4. The third-order valence-electron chi connectivity index (χ3n) is 17.6. The summed E-state index contributed by atoms with van der Waals surface area (Å²) in [4.78, 5) is 1.78. The van der Waals surface area contributed by atoms with Gasteiger partial charge in [-0.25, -0.2) is 87.8 Å². The second-order valence-electron chi connectivity index (χ2n) is 24.7. The predicted octanol–water partition coefficient (Wildman–Crippen LogP) is 21.0. The van der Waals surface area contributed by atoms with Crippen molar-refractivity contribution in [2.24, 2.45) is 0 Å². The van der Waals surface area contributed by atoms with E-state index in [1.807, 2.05) is 0 Å². The Morgan fingerprint density at radius 1 is 0.176 bits per heavy atom. The van der Waals surface area contributed by atoms with E-state index in [9.17, 15) is 52.7 Å². The minimum atomic E-state index is -7.22. The average molecular weight is 1330 g/mol. The lowest BCUT2D eigenvalue weighted by Crippen LogP contribution is -3.09. The smallest absolute Gasteiger partial charge is 0.200 e. The van der Waals surface area contributed by atoms with Crippen LogP contribution in [0.15, 0.2) is 0 Å². The molecule has 0 saturated heterocycles. The van der Waals surface area contributed by atoms with Crippen molar-refractivity contribution in [1.29, 1.82) is 0 Å². The Labute approximate surface area is 526 Å². The van der Waals surface area contributed by atoms with E-state index in [-0.39, 0.29) is 0 Å². The van der Waals surface area contributed by atoms with Gasteiger partial charge in [0.2, 0.25) is 0 Å². The summed E-state index contributed by atoms with van der Waals surface area (Å²) < 4.78 is 294. The monoisotopic (exact) mass is 1330 g/mol. The summed E-state index contributed by atoms with van der Waals surface area (Å²) in [5, 5.41) is 0. The molecule has 4 rings (SSSR count). The van der Waals surface area contributed by atoms with Gasteiger partial charge in [0.15, 0.2) is 69.8 Å². The van der Waals surface area contributed by atoms with E-state index in [0.29, 0.717) is 0 Å². The van der Waals surface area contributed by atoms with Gasteiger partial charge in [-0.1, -0.05) is 245 Å². The summed E-state index contributed by atoms with van der Waals surface area (Å²) in [6.45, 7) is 7.42. The van der Waals surface area contributed by atoms with Crippen molar-refractivity contribution < 1.29 is 92.7 Å². The van der Waals surface area contributed by atoms with Crippen molar-refractivity contribution in [1.82, 2.24) is 0 Å². The molecule has 0 aromatic heterocycles. The quantitative estimate of drug-likeness (QED) is 0.0148. The molecule has 91 heavy (non-hydrogen) atoms. The molecule has 4 aromatic rings. The Bertz CT molecular complexity index is 2350. The molecule has 0 unspecified atom stereocenters. The van der Waals surface area contributed by atoms with Gasteiger partial charge in [0.1, 0.15) is 52.7 Å². The highest BCUT2D eigenvalue weighted by molar-refractivity contribution is 7.20. The van der Waals surface area contributed by atoms with Crippen molar-refractivity contribution in [3.05, 3.63) is 116 Å². The molecular weight excluding hydrogens is 1230 g/mol. The number of benzene rings is 4. The standard InChI is InChI=1S/C45H93N.C24BF20/c1-4-6-8-10-12-14-16-18-20-22-24-26-28-30-32-34-36-38-40-42-44-46(3)45-43-41-39-37-35-33-31-29-27-25-23-21-19-17-15-13-11-9-7-5-2;26-5-1(6(27)14(35)21(42)13(5)34)25(2-7(28)15(36)22(43)16(37)8(2)29,3-9(30)17(38)23(44)18(39)10(3)31)4-11(32)19(40)24(45)20(41)12(4)33/h4-45H2,1-3H3;/q;-1/p+1. The first-order valence-electron chi connectivity index (χ1n) is 33.6. The number of rotatable bonds is 46. The SMILES string of the molecule is CCCCCCCCCCCCCCCCCCCCCC[NH+](C)CCCCCCCCCCCCCCCCCCCCCC.Fc1c(F)c(F)c([B-](c2c(F)c(F)c(F)c(F)c2F)(c2c(F)c(F)c(F)c(F)c2F)c2c(F)c(F)c(F)c(F)c2F)c(F)c1F. The Balaban J connectivity index is 0.000000475. The lowest BCUT2D eigenvalue weighted by molar-refractivity contribution is -0.880. The van der Waals surface area contributed by atoms with Gasteiger partial charge in [0.25, 0.3) is 0 Å². The fourth-order valence-corrected chi connectivity index (χ4v) is 12.4. The van der Waals surface area contributed by atoms with Crippen molar-refractivity contribution in [3.63, 3.8) is 0 Å². The molecule has 0 spiro atoms. The van der Waals surface area contributed by atoms with Crippen LogP contribution in [0.4, 0.5) is 87.8 Å². The minimum Gasteiger partial charge on any atom is -0.337 e. The van der Waals surface area contributed by atoms with Crippen LogP contribution >= 0.6 is 0 Å². The topological polar surface area (TPSA) is 4.44 Å². The van der Waals surface area contributed by atoms with Crippen LogP contribution in [-0.2, 0) is 0 Å². The number of quaternary nitrogens is 1. The fraction of sp³-hybridized carbons (Fsp3) is 0.652. The first kappa shape index (κ1) is 80.7. The normalized spacial score (nSPS) is 11.9. The van der Waals surface area contributed by atoms with Crippen LogP contribution in [0.2, 0.25) is 0 Å². The largest absolute Gasteiger partial charge is 0.337 e. The van der Waals surface area contributed by atoms with Gasteiger partial charge >= 0.3 is 0 Å². The summed E-state index contributed by atoms with van der Waals surface area (Å²) in [6, 6.07) is 0. The minimum absolute atomic E-state index is 1.37. The number of hydrogen-bond donors (Lipinski definition) is 1. The fourth-order valence-electron chi connectivity index (χ4n) is 12.4. The lowest BCUT2D eigenvalue weighted by atomic mass is 9.12. The van der Waals surface area contributed by atoms with E-state index >= 15 is 35.1 Å². The van der Waals surface area contributed by atoms with E-state index in [1.54, 1.807) is 4.90 Å². The highest BCUT2D eigenvalue weighted by Crippen LogP contribution is 2.31. The maximum absolute atomic E-state index is 15.4. The van der Waals surface area contributed by atoms with Crippen LogP contribution in [-0.4, -0.2) is 26.3 Å². The van der Waals surface area contributed by atoms with Gasteiger partial charge < -0.3 is 4.90 Å². The highest BCUT2D eigenvalue weighted by atomic mass is 19.2. The number of hydrogen-bond acceptors (Lipinski definition) is 0. The number of nitrogens with one attached hydrogen (secondary N) is 1. The summed E-state index contributed by atoms with van der Waals surface area (Å²) >= 11 is 0. The van der Waals surface area contributed by atoms with Crippen molar-refractivity contribution in [2.45, 2.75) is 271 Å². The molecule has 0 fully saturated rings. The first-order valence-corrected chi connectivity index (χ1v) is 33.6. The summed E-state index contributed by atoms with van der Waals surface area (Å²) in [7, 11) is 2.44. The van der Waals surface area contributed by atoms with Gasteiger partial charge in [0.05, 0.1) is 20.1 Å². The Morgan fingerprint density at radius 2 is 0.286 bits per heavy atom. The van der Waals surface area contributed by atoms with Gasteiger partial charge in [-0.15, -0.1) is 21.9 Å². The van der Waals surface area contributed by atoms with Crippen LogP contribution in [0, 0.1) is 116 Å². The molecule has 0 bridgehead atoms. The van der Waals surface area contributed by atoms with Crippen LogP contribution in [0.1, 0.15) is 271 Å². The molecule has 0 atom stereocenters.